The van der Waals surface area contributed by atoms with E-state index >= 15 is 0 Å². The normalized spacial score (nSPS) is 13.9. The van der Waals surface area contributed by atoms with E-state index in [2.05, 4.69) is 5.32 Å². The fourth-order valence-corrected chi connectivity index (χ4v) is 4.61. The number of anilines is 1. The van der Waals surface area contributed by atoms with Crippen LogP contribution in [0, 0.1) is 0 Å². The molecule has 0 saturated heterocycles. The van der Waals surface area contributed by atoms with Gasteiger partial charge in [0.25, 0.3) is 5.56 Å². The lowest BCUT2D eigenvalue weighted by molar-refractivity contribution is 0.699. The Bertz CT molecular complexity index is 959. The van der Waals surface area contributed by atoms with Crippen LogP contribution in [-0.4, -0.2) is 9.55 Å². The van der Waals surface area contributed by atoms with Gasteiger partial charge in [0.05, 0.1) is 5.39 Å². The van der Waals surface area contributed by atoms with Crippen LogP contribution in [0.4, 0.5) is 5.95 Å². The van der Waals surface area contributed by atoms with E-state index in [-0.39, 0.29) is 5.56 Å². The molecule has 0 unspecified atom stereocenters. The molecule has 1 aromatic carbocycles. The maximum absolute atomic E-state index is 12.8. The van der Waals surface area contributed by atoms with Crippen molar-refractivity contribution in [3.05, 3.63) is 55.6 Å². The maximum Gasteiger partial charge on any atom is 0.263 e. The molecule has 4 rings (SSSR count). The summed E-state index contributed by atoms with van der Waals surface area (Å²) in [5.74, 6) is 0.612. The molecule has 6 heteroatoms. The monoisotopic (exact) mass is 359 g/mol. The van der Waals surface area contributed by atoms with Crippen LogP contribution in [0.15, 0.2) is 29.1 Å². The molecule has 0 atom stereocenters. The van der Waals surface area contributed by atoms with Crippen molar-refractivity contribution in [3.63, 3.8) is 0 Å². The van der Waals surface area contributed by atoms with Crippen molar-refractivity contribution in [2.75, 3.05) is 5.32 Å². The number of nitrogens with zero attached hydrogens (tertiary/aromatic N) is 2. The fourth-order valence-electron chi connectivity index (χ4n) is 3.23. The summed E-state index contributed by atoms with van der Waals surface area (Å²) < 4.78 is 1.62. The van der Waals surface area contributed by atoms with Gasteiger partial charge in [0.1, 0.15) is 4.83 Å². The first-order valence-corrected chi connectivity index (χ1v) is 9.32. The predicted octanol–water partition coefficient (Wildman–Crippen LogP) is 4.14. The van der Waals surface area contributed by atoms with Crippen molar-refractivity contribution in [3.8, 4) is 0 Å². The van der Waals surface area contributed by atoms with E-state index in [9.17, 15) is 4.79 Å². The molecule has 0 saturated carbocycles. The molecule has 4 nitrogen and oxygen atoms in total. The van der Waals surface area contributed by atoms with Crippen LogP contribution in [0.2, 0.25) is 5.02 Å². The Morgan fingerprint density at radius 2 is 2.00 bits per heavy atom. The van der Waals surface area contributed by atoms with Crippen LogP contribution in [0.3, 0.4) is 0 Å². The number of halogens is 1. The number of rotatable bonds is 3. The van der Waals surface area contributed by atoms with E-state index in [0.29, 0.717) is 12.5 Å². The Balaban J connectivity index is 1.70. The predicted molar refractivity (Wildman–Crippen MR) is 100 cm³/mol. The SMILES string of the molecule is Cn1c(NCc2ccc(Cl)cc2)nc2sc3c(c2c1=O)CCCC3. The van der Waals surface area contributed by atoms with Gasteiger partial charge >= 0.3 is 0 Å². The van der Waals surface area contributed by atoms with Gasteiger partial charge in [-0.3, -0.25) is 9.36 Å². The van der Waals surface area contributed by atoms with Gasteiger partial charge in [0.2, 0.25) is 5.95 Å². The zero-order valence-electron chi connectivity index (χ0n) is 13.4. The summed E-state index contributed by atoms with van der Waals surface area (Å²) in [7, 11) is 1.78. The molecule has 0 amide bonds. The Morgan fingerprint density at radius 1 is 1.25 bits per heavy atom. The maximum atomic E-state index is 12.8. The van der Waals surface area contributed by atoms with Crippen LogP contribution < -0.4 is 10.9 Å². The standard InChI is InChI=1S/C18H18ClN3OS/c1-22-17(23)15-13-4-2-3-5-14(13)24-16(15)21-18(22)20-10-11-6-8-12(19)9-7-11/h6-9H,2-5,10H2,1H3,(H,20,21). The molecule has 0 bridgehead atoms. The highest BCUT2D eigenvalue weighted by Crippen LogP contribution is 2.34. The molecular weight excluding hydrogens is 342 g/mol. The summed E-state index contributed by atoms with van der Waals surface area (Å²) in [6.07, 6.45) is 4.46. The third kappa shape index (κ3) is 2.72. The van der Waals surface area contributed by atoms with Crippen LogP contribution in [0.25, 0.3) is 10.2 Å². The largest absolute Gasteiger partial charge is 0.351 e. The van der Waals surface area contributed by atoms with Crippen molar-refractivity contribution < 1.29 is 0 Å². The number of benzene rings is 1. The summed E-state index contributed by atoms with van der Waals surface area (Å²) in [4.78, 5) is 19.7. The summed E-state index contributed by atoms with van der Waals surface area (Å²) in [6.45, 7) is 0.605. The molecule has 124 valence electrons. The molecule has 0 radical (unpaired) electrons. The highest BCUT2D eigenvalue weighted by Gasteiger charge is 2.21. The molecule has 1 aliphatic rings. The molecule has 1 N–H and O–H groups in total. The van der Waals surface area contributed by atoms with E-state index in [4.69, 9.17) is 16.6 Å². The Morgan fingerprint density at radius 3 is 2.79 bits per heavy atom. The number of hydrogen-bond donors (Lipinski definition) is 1. The molecule has 1 aliphatic carbocycles. The van der Waals surface area contributed by atoms with Gasteiger partial charge in [-0.15, -0.1) is 11.3 Å². The van der Waals surface area contributed by atoms with E-state index in [1.165, 1.54) is 23.3 Å². The van der Waals surface area contributed by atoms with Crippen LogP contribution in [0.1, 0.15) is 28.8 Å². The average Bonchev–Trinajstić information content (AvgIpc) is 2.96. The van der Waals surface area contributed by atoms with Gasteiger partial charge in [-0.1, -0.05) is 23.7 Å². The fraction of sp³-hybridized carbons (Fsp3) is 0.333. The smallest absolute Gasteiger partial charge is 0.263 e. The summed E-state index contributed by atoms with van der Waals surface area (Å²) >= 11 is 7.59. The minimum Gasteiger partial charge on any atom is -0.351 e. The van der Waals surface area contributed by atoms with Crippen molar-refractivity contribution in [1.29, 1.82) is 0 Å². The van der Waals surface area contributed by atoms with E-state index < -0.39 is 0 Å². The van der Waals surface area contributed by atoms with Gasteiger partial charge in [-0.2, -0.15) is 0 Å². The molecular formula is C18H18ClN3OS. The number of aryl methyl sites for hydroxylation is 2. The van der Waals surface area contributed by atoms with E-state index in [0.717, 1.165) is 33.6 Å². The molecule has 0 aliphatic heterocycles. The lowest BCUT2D eigenvalue weighted by Crippen LogP contribution is -2.22. The molecule has 2 heterocycles. The third-order valence-electron chi connectivity index (χ3n) is 4.56. The lowest BCUT2D eigenvalue weighted by atomic mass is 9.97. The van der Waals surface area contributed by atoms with Gasteiger partial charge < -0.3 is 5.32 Å². The Hall–Kier alpha value is -1.85. The number of fused-ring (bicyclic) bond motifs is 3. The highest BCUT2D eigenvalue weighted by molar-refractivity contribution is 7.18. The summed E-state index contributed by atoms with van der Waals surface area (Å²) in [5, 5.41) is 4.82. The number of nitrogens with one attached hydrogen (secondary N) is 1. The van der Waals surface area contributed by atoms with E-state index in [1.54, 1.807) is 23.0 Å². The first-order chi connectivity index (χ1) is 11.6. The lowest BCUT2D eigenvalue weighted by Gasteiger charge is -2.12. The quantitative estimate of drug-likeness (QED) is 0.764. The first-order valence-electron chi connectivity index (χ1n) is 8.13. The van der Waals surface area contributed by atoms with Gasteiger partial charge in [-0.25, -0.2) is 4.98 Å². The second kappa shape index (κ2) is 6.22. The zero-order chi connectivity index (χ0) is 16.7. The molecule has 24 heavy (non-hydrogen) atoms. The number of hydrogen-bond acceptors (Lipinski definition) is 4. The molecule has 0 spiro atoms. The van der Waals surface area contributed by atoms with Gasteiger partial charge in [-0.05, 0) is 48.9 Å². The first kappa shape index (κ1) is 15.7. The van der Waals surface area contributed by atoms with Crippen LogP contribution in [-0.2, 0) is 26.4 Å². The summed E-state index contributed by atoms with van der Waals surface area (Å²) in [6, 6.07) is 7.66. The highest BCUT2D eigenvalue weighted by atomic mass is 35.5. The van der Waals surface area contributed by atoms with Crippen LogP contribution in [0.5, 0.6) is 0 Å². The van der Waals surface area contributed by atoms with Crippen molar-refractivity contribution in [1.82, 2.24) is 9.55 Å². The van der Waals surface area contributed by atoms with Gasteiger partial charge in [0, 0.05) is 23.5 Å². The van der Waals surface area contributed by atoms with Crippen molar-refractivity contribution in [2.45, 2.75) is 32.2 Å². The van der Waals surface area contributed by atoms with Crippen molar-refractivity contribution >= 4 is 39.1 Å². The Kier molecular flexibility index (Phi) is 4.06. The van der Waals surface area contributed by atoms with Crippen molar-refractivity contribution in [2.24, 2.45) is 7.05 Å². The summed E-state index contributed by atoms with van der Waals surface area (Å²) in [5.41, 5.74) is 2.39. The molecule has 0 fully saturated rings. The Labute approximate surface area is 149 Å². The second-order valence-electron chi connectivity index (χ2n) is 6.17. The second-order valence-corrected chi connectivity index (χ2v) is 7.69. The average molecular weight is 360 g/mol. The topological polar surface area (TPSA) is 46.9 Å². The molecule has 2 aromatic heterocycles. The molecule has 3 aromatic rings. The van der Waals surface area contributed by atoms with Crippen LogP contribution >= 0.6 is 22.9 Å². The zero-order valence-corrected chi connectivity index (χ0v) is 15.0. The van der Waals surface area contributed by atoms with E-state index in [1.807, 2.05) is 24.3 Å². The number of aromatic nitrogens is 2. The van der Waals surface area contributed by atoms with Gasteiger partial charge in [0.15, 0.2) is 0 Å². The minimum absolute atomic E-state index is 0.0537. The minimum atomic E-state index is 0.0537. The number of thiophene rings is 1. The third-order valence-corrected chi connectivity index (χ3v) is 6.00.